The summed E-state index contributed by atoms with van der Waals surface area (Å²) in [7, 11) is -3.34. The molecule has 1 amide bonds. The smallest absolute Gasteiger partial charge is 0.261 e. The second kappa shape index (κ2) is 5.28. The van der Waals surface area contributed by atoms with E-state index < -0.39 is 27.1 Å². The summed E-state index contributed by atoms with van der Waals surface area (Å²) < 4.78 is 51.3. The number of nitrogens with zero attached hydrogens (tertiary/aromatic N) is 2. The maximum atomic E-state index is 12.1. The molecule has 0 fully saturated rings. The maximum Gasteiger partial charge on any atom is 0.474 e. The van der Waals surface area contributed by atoms with Crippen LogP contribution in [0.5, 0.6) is 0 Å². The minimum Gasteiger partial charge on any atom is -0.261 e. The number of pyridine rings is 1. The van der Waals surface area contributed by atoms with Crippen molar-refractivity contribution in [2.45, 2.75) is 25.3 Å². The lowest BCUT2D eigenvalue weighted by atomic mass is 10.2. The van der Waals surface area contributed by atoms with E-state index in [-0.39, 0.29) is 0 Å². The van der Waals surface area contributed by atoms with Crippen molar-refractivity contribution < 1.29 is 22.2 Å². The Morgan fingerprint density at radius 1 is 1.42 bits per heavy atom. The van der Waals surface area contributed by atoms with Gasteiger partial charge in [-0.2, -0.15) is 17.5 Å². The molecule has 4 nitrogen and oxygen atoms in total. The Morgan fingerprint density at radius 3 is 2.42 bits per heavy atom. The number of hydrogen-bond donors (Lipinski definition) is 0. The van der Waals surface area contributed by atoms with Crippen molar-refractivity contribution in [1.82, 2.24) is 4.98 Å². The van der Waals surface area contributed by atoms with Crippen molar-refractivity contribution in [3.8, 4) is 0 Å². The summed E-state index contributed by atoms with van der Waals surface area (Å²) in [6.45, 7) is 3.19. The van der Waals surface area contributed by atoms with Crippen LogP contribution < -0.4 is 0 Å². The summed E-state index contributed by atoms with van der Waals surface area (Å²) in [6, 6.07) is 3.25. The number of alkyl halides is 3. The van der Waals surface area contributed by atoms with Crippen LogP contribution in [0.2, 0.25) is 0 Å². The van der Waals surface area contributed by atoms with Crippen LogP contribution in [-0.2, 0) is 14.5 Å². The van der Waals surface area contributed by atoms with Gasteiger partial charge >= 0.3 is 12.1 Å². The molecule has 0 aromatic carbocycles. The van der Waals surface area contributed by atoms with Crippen molar-refractivity contribution in [1.29, 1.82) is 0 Å². The number of rotatable bonds is 2. The Hall–Kier alpha value is -1.44. The van der Waals surface area contributed by atoms with Crippen LogP contribution in [0, 0.1) is 6.92 Å². The van der Waals surface area contributed by atoms with E-state index in [4.69, 9.17) is 0 Å². The van der Waals surface area contributed by atoms with Crippen LogP contribution in [0.3, 0.4) is 0 Å². The van der Waals surface area contributed by atoms with Crippen LogP contribution in [0.1, 0.15) is 23.4 Å². The Morgan fingerprint density at radius 2 is 2.00 bits per heavy atom. The quantitative estimate of drug-likeness (QED) is 0.842. The third kappa shape index (κ3) is 4.02. The van der Waals surface area contributed by atoms with E-state index in [1.807, 2.05) is 0 Å². The number of halogens is 3. The lowest BCUT2D eigenvalue weighted by molar-refractivity contribution is -0.169. The second-order valence-corrected chi connectivity index (χ2v) is 6.74. The Labute approximate surface area is 109 Å². The van der Waals surface area contributed by atoms with E-state index in [9.17, 15) is 22.2 Å². The van der Waals surface area contributed by atoms with Gasteiger partial charge < -0.3 is 0 Å². The highest BCUT2D eigenvalue weighted by molar-refractivity contribution is 7.93. The largest absolute Gasteiger partial charge is 0.474 e. The van der Waals surface area contributed by atoms with E-state index in [1.54, 1.807) is 19.1 Å². The van der Waals surface area contributed by atoms with Crippen molar-refractivity contribution >= 4 is 15.6 Å². The predicted octanol–water partition coefficient (Wildman–Crippen LogP) is 2.64. The molecule has 2 unspecified atom stereocenters. The van der Waals surface area contributed by atoms with E-state index in [0.29, 0.717) is 5.56 Å². The van der Waals surface area contributed by atoms with Crippen molar-refractivity contribution in [3.63, 3.8) is 0 Å². The van der Waals surface area contributed by atoms with Gasteiger partial charge in [0, 0.05) is 18.1 Å². The van der Waals surface area contributed by atoms with Crippen molar-refractivity contribution in [2.75, 3.05) is 6.26 Å². The standard InChI is InChI=1S/C11H13F3N2O2S/c1-7-4-5-9(6-15-7)8(2)19(3,18)16-10(17)11(12,13)14/h4-6,8H,1-3H3. The van der Waals surface area contributed by atoms with Crippen LogP contribution in [0.4, 0.5) is 13.2 Å². The molecule has 0 radical (unpaired) electrons. The summed E-state index contributed by atoms with van der Waals surface area (Å²) in [5, 5.41) is -0.827. The van der Waals surface area contributed by atoms with Crippen molar-refractivity contribution in [3.05, 3.63) is 29.6 Å². The van der Waals surface area contributed by atoms with Crippen LogP contribution in [-0.4, -0.2) is 27.5 Å². The molecule has 1 rings (SSSR count). The average molecular weight is 294 g/mol. The van der Waals surface area contributed by atoms with Gasteiger partial charge in [0.15, 0.2) is 0 Å². The number of aryl methyl sites for hydroxylation is 1. The van der Waals surface area contributed by atoms with Gasteiger partial charge in [-0.05, 0) is 25.5 Å². The topological polar surface area (TPSA) is 59.4 Å². The van der Waals surface area contributed by atoms with Crippen molar-refractivity contribution in [2.24, 2.45) is 4.36 Å². The summed E-state index contributed by atoms with van der Waals surface area (Å²) in [6.07, 6.45) is -2.66. The Kier molecular flexibility index (Phi) is 4.34. The number of aromatic nitrogens is 1. The van der Waals surface area contributed by atoms with Gasteiger partial charge in [0.05, 0.1) is 15.0 Å². The molecule has 1 aromatic heterocycles. The van der Waals surface area contributed by atoms with Gasteiger partial charge in [-0.25, -0.2) is 4.21 Å². The fourth-order valence-corrected chi connectivity index (χ4v) is 2.50. The third-order valence-electron chi connectivity index (χ3n) is 2.57. The molecule has 2 atom stereocenters. The molecule has 0 aliphatic rings. The van der Waals surface area contributed by atoms with Crippen LogP contribution in [0.25, 0.3) is 0 Å². The fraction of sp³-hybridized carbons (Fsp3) is 0.455. The predicted molar refractivity (Wildman–Crippen MR) is 64.9 cm³/mol. The van der Waals surface area contributed by atoms with E-state index in [1.165, 1.54) is 13.1 Å². The first-order chi connectivity index (χ1) is 8.54. The zero-order chi connectivity index (χ0) is 14.8. The summed E-state index contributed by atoms with van der Waals surface area (Å²) in [5.41, 5.74) is 1.19. The zero-order valence-electron chi connectivity index (χ0n) is 10.6. The molecule has 0 saturated heterocycles. The fourth-order valence-electron chi connectivity index (χ4n) is 1.27. The summed E-state index contributed by atoms with van der Waals surface area (Å²) in [4.78, 5) is 14.8. The van der Waals surface area contributed by atoms with E-state index >= 15 is 0 Å². The van der Waals surface area contributed by atoms with Gasteiger partial charge in [0.2, 0.25) is 0 Å². The molecule has 1 heterocycles. The van der Waals surface area contributed by atoms with E-state index in [2.05, 4.69) is 9.35 Å². The van der Waals surface area contributed by atoms with Gasteiger partial charge in [-0.3, -0.25) is 9.78 Å². The molecule has 8 heteroatoms. The molecule has 0 bridgehead atoms. The third-order valence-corrected chi connectivity index (χ3v) is 4.68. The number of hydrogen-bond acceptors (Lipinski definition) is 3. The second-order valence-electron chi connectivity index (χ2n) is 4.13. The Bertz CT molecular complexity index is 587. The van der Waals surface area contributed by atoms with Gasteiger partial charge in [-0.1, -0.05) is 6.07 Å². The van der Waals surface area contributed by atoms with Crippen LogP contribution >= 0.6 is 0 Å². The molecule has 1 aromatic rings. The first kappa shape index (κ1) is 15.6. The Balaban J connectivity index is 3.13. The molecule has 106 valence electrons. The molecular weight excluding hydrogens is 281 g/mol. The van der Waals surface area contributed by atoms with Gasteiger partial charge in [0.25, 0.3) is 0 Å². The molecule has 0 aliphatic carbocycles. The highest BCUT2D eigenvalue weighted by Gasteiger charge is 2.40. The lowest BCUT2D eigenvalue weighted by Gasteiger charge is -2.14. The average Bonchev–Trinajstić information content (AvgIpc) is 2.27. The molecule has 0 spiro atoms. The maximum absolute atomic E-state index is 12.1. The minimum atomic E-state index is -5.11. The highest BCUT2D eigenvalue weighted by Crippen LogP contribution is 2.25. The molecule has 19 heavy (non-hydrogen) atoms. The lowest BCUT2D eigenvalue weighted by Crippen LogP contribution is -2.23. The molecule has 0 saturated carbocycles. The monoisotopic (exact) mass is 294 g/mol. The van der Waals surface area contributed by atoms with Crippen LogP contribution in [0.15, 0.2) is 22.7 Å². The first-order valence-electron chi connectivity index (χ1n) is 5.29. The first-order valence-corrected chi connectivity index (χ1v) is 7.27. The zero-order valence-corrected chi connectivity index (χ0v) is 11.4. The number of carbonyl (C=O) groups excluding carboxylic acids is 1. The van der Waals surface area contributed by atoms with Gasteiger partial charge in [-0.15, -0.1) is 0 Å². The SMILES string of the molecule is Cc1ccc(C(C)S(C)(=O)=NC(=O)C(F)(F)F)cn1. The summed E-state index contributed by atoms with van der Waals surface area (Å²) in [5.74, 6) is -2.33. The minimum absolute atomic E-state index is 0.469. The normalized spacial score (nSPS) is 16.5. The van der Waals surface area contributed by atoms with E-state index in [0.717, 1.165) is 11.9 Å². The molecular formula is C11H13F3N2O2S. The van der Waals surface area contributed by atoms with Gasteiger partial charge in [0.1, 0.15) is 0 Å². The summed E-state index contributed by atoms with van der Waals surface area (Å²) >= 11 is 0. The number of amides is 1. The molecule has 0 N–H and O–H groups in total. The highest BCUT2D eigenvalue weighted by atomic mass is 32.2. The molecule has 0 aliphatic heterocycles. The number of carbonyl (C=O) groups is 1.